The summed E-state index contributed by atoms with van der Waals surface area (Å²) in [4.78, 5) is 12.7. The van der Waals surface area contributed by atoms with E-state index in [0.29, 0.717) is 17.1 Å². The monoisotopic (exact) mass is 220 g/mol. The lowest BCUT2D eigenvalue weighted by atomic mass is 9.52. The highest BCUT2D eigenvalue weighted by atomic mass is 16.1. The van der Waals surface area contributed by atoms with Gasteiger partial charge in [0.05, 0.1) is 0 Å². The van der Waals surface area contributed by atoms with Gasteiger partial charge in [0.15, 0.2) is 0 Å². The molecule has 1 nitrogen and oxygen atoms in total. The van der Waals surface area contributed by atoms with Crippen LogP contribution in [0.25, 0.3) is 0 Å². The van der Waals surface area contributed by atoms with Crippen LogP contribution in [0.1, 0.15) is 59.8 Å². The molecule has 3 fully saturated rings. The minimum absolute atomic E-state index is 0.0125. The van der Waals surface area contributed by atoms with E-state index >= 15 is 0 Å². The molecule has 1 spiro atoms. The first-order chi connectivity index (χ1) is 7.33. The fraction of sp³-hybridized carbons (Fsp3) is 0.933. The normalized spacial score (nSPS) is 54.1. The predicted molar refractivity (Wildman–Crippen MR) is 65.1 cm³/mol. The molecule has 3 aliphatic carbocycles. The average molecular weight is 220 g/mol. The van der Waals surface area contributed by atoms with Crippen LogP contribution in [0, 0.1) is 28.1 Å². The minimum atomic E-state index is -0.0613. The van der Waals surface area contributed by atoms with Crippen LogP contribution in [0.4, 0.5) is 0 Å². The summed E-state index contributed by atoms with van der Waals surface area (Å²) in [6.07, 6.45) is 6.28. The third-order valence-electron chi connectivity index (χ3n) is 6.43. The number of rotatable bonds is 0. The SMILES string of the molecule is CC1CC[C@H]2C(C)(C)C(=O)[C@@]3(C)CC[C@@]12C3. The van der Waals surface area contributed by atoms with E-state index in [2.05, 4.69) is 27.7 Å². The second-order valence-electron chi connectivity index (χ2n) is 7.55. The van der Waals surface area contributed by atoms with E-state index in [1.54, 1.807) is 0 Å². The van der Waals surface area contributed by atoms with E-state index in [0.717, 1.165) is 12.3 Å². The van der Waals surface area contributed by atoms with Crippen molar-refractivity contribution in [2.75, 3.05) is 0 Å². The number of ketones is 1. The summed E-state index contributed by atoms with van der Waals surface area (Å²) in [5, 5.41) is 0. The molecule has 0 radical (unpaired) electrons. The van der Waals surface area contributed by atoms with Gasteiger partial charge >= 0.3 is 0 Å². The third-order valence-corrected chi connectivity index (χ3v) is 6.43. The van der Waals surface area contributed by atoms with Gasteiger partial charge in [-0.3, -0.25) is 4.79 Å². The zero-order chi connectivity index (χ0) is 11.8. The van der Waals surface area contributed by atoms with Crippen molar-refractivity contribution in [1.82, 2.24) is 0 Å². The Balaban J connectivity index is 2.14. The first kappa shape index (κ1) is 10.8. The van der Waals surface area contributed by atoms with Gasteiger partial charge in [-0.15, -0.1) is 0 Å². The number of carbonyl (C=O) groups excluding carboxylic acids is 1. The van der Waals surface area contributed by atoms with Crippen LogP contribution in [-0.4, -0.2) is 5.78 Å². The molecule has 2 bridgehead atoms. The standard InChI is InChI=1S/C15H24O/c1-10-5-6-11-13(2,3)12(16)14(4)7-8-15(10,11)9-14/h10-11H,5-9H2,1-4H3/t10?,11-,14-,15+/m0/s1. The molecule has 3 saturated carbocycles. The van der Waals surface area contributed by atoms with E-state index < -0.39 is 0 Å². The maximum absolute atomic E-state index is 12.7. The van der Waals surface area contributed by atoms with Gasteiger partial charge in [-0.2, -0.15) is 0 Å². The molecule has 0 aromatic rings. The lowest BCUT2D eigenvalue weighted by Crippen LogP contribution is -2.51. The topological polar surface area (TPSA) is 17.1 Å². The molecule has 1 unspecified atom stereocenters. The van der Waals surface area contributed by atoms with E-state index in [1.807, 2.05) is 0 Å². The highest BCUT2D eigenvalue weighted by Gasteiger charge is 2.67. The van der Waals surface area contributed by atoms with E-state index in [1.165, 1.54) is 25.7 Å². The van der Waals surface area contributed by atoms with Crippen molar-refractivity contribution < 1.29 is 4.79 Å². The first-order valence-corrected chi connectivity index (χ1v) is 6.88. The van der Waals surface area contributed by atoms with Gasteiger partial charge in [0.25, 0.3) is 0 Å². The molecule has 0 amide bonds. The molecule has 0 aliphatic heterocycles. The van der Waals surface area contributed by atoms with Gasteiger partial charge in [0.2, 0.25) is 0 Å². The van der Waals surface area contributed by atoms with Crippen molar-refractivity contribution in [2.45, 2.75) is 59.8 Å². The molecule has 16 heavy (non-hydrogen) atoms. The van der Waals surface area contributed by atoms with Crippen LogP contribution < -0.4 is 0 Å². The Bertz CT molecular complexity index is 356. The van der Waals surface area contributed by atoms with Crippen molar-refractivity contribution in [3.63, 3.8) is 0 Å². The molecule has 0 aromatic carbocycles. The van der Waals surface area contributed by atoms with Gasteiger partial charge in [-0.05, 0) is 49.4 Å². The Morgan fingerprint density at radius 2 is 1.81 bits per heavy atom. The Morgan fingerprint density at radius 1 is 1.12 bits per heavy atom. The lowest BCUT2D eigenvalue weighted by Gasteiger charge is -2.50. The average Bonchev–Trinajstić information content (AvgIpc) is 2.69. The largest absolute Gasteiger partial charge is 0.298 e. The van der Waals surface area contributed by atoms with Crippen LogP contribution in [-0.2, 0) is 4.79 Å². The highest BCUT2D eigenvalue weighted by molar-refractivity contribution is 5.91. The number of hydrogen-bond donors (Lipinski definition) is 0. The number of carbonyl (C=O) groups is 1. The molecule has 90 valence electrons. The van der Waals surface area contributed by atoms with Gasteiger partial charge in [0.1, 0.15) is 5.78 Å². The van der Waals surface area contributed by atoms with Gasteiger partial charge in [-0.25, -0.2) is 0 Å². The van der Waals surface area contributed by atoms with Crippen LogP contribution in [0.15, 0.2) is 0 Å². The summed E-state index contributed by atoms with van der Waals surface area (Å²) in [6, 6.07) is 0. The molecule has 0 N–H and O–H groups in total. The van der Waals surface area contributed by atoms with E-state index in [9.17, 15) is 4.79 Å². The summed E-state index contributed by atoms with van der Waals surface area (Å²) in [6.45, 7) is 9.09. The fourth-order valence-corrected chi connectivity index (χ4v) is 5.67. The molecular weight excluding hydrogens is 196 g/mol. The number of hydrogen-bond acceptors (Lipinski definition) is 1. The Labute approximate surface area is 99.0 Å². The van der Waals surface area contributed by atoms with Crippen LogP contribution >= 0.6 is 0 Å². The smallest absolute Gasteiger partial charge is 0.144 e. The molecule has 0 aromatic heterocycles. The van der Waals surface area contributed by atoms with E-state index in [4.69, 9.17) is 0 Å². The molecule has 4 atom stereocenters. The molecule has 0 heterocycles. The number of Topliss-reactive ketones (excluding diaryl/α,β-unsaturated/α-hetero) is 1. The molecule has 0 saturated heterocycles. The first-order valence-electron chi connectivity index (χ1n) is 6.88. The minimum Gasteiger partial charge on any atom is -0.298 e. The van der Waals surface area contributed by atoms with Crippen molar-refractivity contribution in [3.8, 4) is 0 Å². The highest BCUT2D eigenvalue weighted by Crippen LogP contribution is 2.71. The zero-order valence-electron chi connectivity index (χ0n) is 11.1. The van der Waals surface area contributed by atoms with Gasteiger partial charge in [0, 0.05) is 10.8 Å². The summed E-state index contributed by atoms with van der Waals surface area (Å²) < 4.78 is 0. The maximum atomic E-state index is 12.7. The van der Waals surface area contributed by atoms with Crippen molar-refractivity contribution in [3.05, 3.63) is 0 Å². The van der Waals surface area contributed by atoms with E-state index in [-0.39, 0.29) is 10.8 Å². The van der Waals surface area contributed by atoms with Gasteiger partial charge in [-0.1, -0.05) is 27.7 Å². The second kappa shape index (κ2) is 2.73. The molecular formula is C15H24O. The molecule has 3 aliphatic rings. The van der Waals surface area contributed by atoms with Crippen molar-refractivity contribution in [1.29, 1.82) is 0 Å². The van der Waals surface area contributed by atoms with Crippen LogP contribution in [0.5, 0.6) is 0 Å². The summed E-state index contributed by atoms with van der Waals surface area (Å²) >= 11 is 0. The quantitative estimate of drug-likeness (QED) is 0.606. The summed E-state index contributed by atoms with van der Waals surface area (Å²) in [5.74, 6) is 2.07. The molecule has 1 heteroatoms. The summed E-state index contributed by atoms with van der Waals surface area (Å²) in [5.41, 5.74) is 0.471. The Kier molecular flexibility index (Phi) is 1.85. The predicted octanol–water partition coefficient (Wildman–Crippen LogP) is 3.82. The van der Waals surface area contributed by atoms with Crippen molar-refractivity contribution in [2.24, 2.45) is 28.1 Å². The zero-order valence-corrected chi connectivity index (χ0v) is 11.1. The number of fused-ring (bicyclic) bond motifs is 1. The Hall–Kier alpha value is -0.330. The second-order valence-corrected chi connectivity index (χ2v) is 7.55. The maximum Gasteiger partial charge on any atom is 0.144 e. The van der Waals surface area contributed by atoms with Crippen LogP contribution in [0.3, 0.4) is 0 Å². The fourth-order valence-electron chi connectivity index (χ4n) is 5.67. The van der Waals surface area contributed by atoms with Crippen LogP contribution in [0.2, 0.25) is 0 Å². The Morgan fingerprint density at radius 3 is 2.50 bits per heavy atom. The third kappa shape index (κ3) is 0.966. The van der Waals surface area contributed by atoms with Gasteiger partial charge < -0.3 is 0 Å². The van der Waals surface area contributed by atoms with Crippen molar-refractivity contribution >= 4 is 5.78 Å². The molecule has 3 rings (SSSR count). The lowest BCUT2D eigenvalue weighted by molar-refractivity contribution is -0.148. The summed E-state index contributed by atoms with van der Waals surface area (Å²) in [7, 11) is 0.